The molecule has 1 saturated carbocycles. The van der Waals surface area contributed by atoms with Crippen molar-refractivity contribution in [2.24, 2.45) is 5.92 Å². The van der Waals surface area contributed by atoms with Crippen LogP contribution in [0.5, 0.6) is 0 Å². The van der Waals surface area contributed by atoms with Crippen molar-refractivity contribution in [3.63, 3.8) is 0 Å². The number of benzene rings is 1. The molecular formula is C14H15F3O2. The zero-order valence-corrected chi connectivity index (χ0v) is 10.5. The number of rotatable bonds is 2. The molecule has 0 radical (unpaired) electrons. The molecule has 1 aromatic carbocycles. The Hall–Kier alpha value is -1.52. The van der Waals surface area contributed by atoms with E-state index in [9.17, 15) is 23.1 Å². The molecule has 2 nitrogen and oxygen atoms in total. The van der Waals surface area contributed by atoms with E-state index in [-0.39, 0.29) is 5.92 Å². The van der Waals surface area contributed by atoms with Gasteiger partial charge in [0.2, 0.25) is 0 Å². The predicted octanol–water partition coefficient (Wildman–Crippen LogP) is 3.85. The summed E-state index contributed by atoms with van der Waals surface area (Å²) >= 11 is 0. The van der Waals surface area contributed by atoms with Crippen LogP contribution in [-0.4, -0.2) is 11.1 Å². The first-order chi connectivity index (χ1) is 8.75. The monoisotopic (exact) mass is 272 g/mol. The van der Waals surface area contributed by atoms with Crippen LogP contribution >= 0.6 is 0 Å². The van der Waals surface area contributed by atoms with Crippen LogP contribution in [0.3, 0.4) is 0 Å². The van der Waals surface area contributed by atoms with Crippen molar-refractivity contribution >= 4 is 5.97 Å². The molecule has 104 valence electrons. The summed E-state index contributed by atoms with van der Waals surface area (Å²) in [5.74, 6) is -0.671. The number of carboxylic acid groups (broad SMARTS) is 1. The highest BCUT2D eigenvalue weighted by Gasteiger charge is 2.45. The van der Waals surface area contributed by atoms with Gasteiger partial charge in [-0.3, -0.25) is 4.79 Å². The number of alkyl halides is 3. The Morgan fingerprint density at radius 1 is 1.32 bits per heavy atom. The molecule has 1 aliphatic rings. The molecule has 0 heterocycles. The lowest BCUT2D eigenvalue weighted by Gasteiger charge is -2.25. The minimum absolute atomic E-state index is 0.276. The molecule has 5 heteroatoms. The number of carbonyl (C=O) groups is 1. The molecule has 2 unspecified atom stereocenters. The Kier molecular flexibility index (Phi) is 3.32. The molecule has 19 heavy (non-hydrogen) atoms. The van der Waals surface area contributed by atoms with E-state index in [1.54, 1.807) is 0 Å². The van der Waals surface area contributed by atoms with Crippen LogP contribution in [0.2, 0.25) is 0 Å². The molecule has 0 aliphatic heterocycles. The summed E-state index contributed by atoms with van der Waals surface area (Å²) in [6, 6.07) is 4.52. The van der Waals surface area contributed by atoms with Crippen molar-refractivity contribution in [2.75, 3.05) is 0 Å². The minimum Gasteiger partial charge on any atom is -0.481 e. The number of aliphatic carboxylic acids is 1. The van der Waals surface area contributed by atoms with Gasteiger partial charge in [0, 0.05) is 0 Å². The van der Waals surface area contributed by atoms with Crippen molar-refractivity contribution in [3.8, 4) is 0 Å². The molecule has 0 saturated heterocycles. The van der Waals surface area contributed by atoms with E-state index >= 15 is 0 Å². The van der Waals surface area contributed by atoms with Crippen LogP contribution in [0.1, 0.15) is 37.3 Å². The summed E-state index contributed by atoms with van der Waals surface area (Å²) in [6.07, 6.45) is -2.65. The topological polar surface area (TPSA) is 37.3 Å². The maximum atomic E-state index is 12.5. The highest BCUT2D eigenvalue weighted by molar-refractivity contribution is 5.81. The maximum Gasteiger partial charge on any atom is 0.416 e. The third-order valence-corrected chi connectivity index (χ3v) is 3.94. The molecule has 0 aromatic heterocycles. The molecule has 1 aliphatic carbocycles. The van der Waals surface area contributed by atoms with E-state index in [1.807, 2.05) is 6.92 Å². The van der Waals surface area contributed by atoms with Crippen molar-refractivity contribution in [3.05, 3.63) is 35.4 Å². The van der Waals surface area contributed by atoms with E-state index in [0.29, 0.717) is 18.4 Å². The fourth-order valence-corrected chi connectivity index (χ4v) is 2.85. The third kappa shape index (κ3) is 2.46. The summed E-state index contributed by atoms with van der Waals surface area (Å²) in [4.78, 5) is 11.5. The lowest BCUT2D eigenvalue weighted by molar-refractivity contribution is -0.143. The fraction of sp³-hybridized carbons (Fsp3) is 0.500. The molecule has 2 rings (SSSR count). The summed E-state index contributed by atoms with van der Waals surface area (Å²) in [6.45, 7) is 1.97. The van der Waals surface area contributed by atoms with E-state index in [2.05, 4.69) is 0 Å². The van der Waals surface area contributed by atoms with Crippen LogP contribution in [0.15, 0.2) is 24.3 Å². The van der Waals surface area contributed by atoms with Crippen molar-refractivity contribution < 1.29 is 23.1 Å². The summed E-state index contributed by atoms with van der Waals surface area (Å²) < 4.78 is 37.5. The Bertz CT molecular complexity index is 478. The SMILES string of the molecule is CC1CCC(C(=O)O)(c2ccc(C(F)(F)F)cc2)C1. The van der Waals surface area contributed by atoms with Crippen LogP contribution in [-0.2, 0) is 16.4 Å². The van der Waals surface area contributed by atoms with Gasteiger partial charge in [-0.2, -0.15) is 13.2 Å². The standard InChI is InChI=1S/C14H15F3O2/c1-9-6-7-13(8-9,12(18)19)10-2-4-11(5-3-10)14(15,16)17/h2-5,9H,6-8H2,1H3,(H,18,19). The van der Waals surface area contributed by atoms with Crippen molar-refractivity contribution in [1.82, 2.24) is 0 Å². The lowest BCUT2D eigenvalue weighted by Crippen LogP contribution is -2.33. The first kappa shape index (κ1) is 13.9. The first-order valence-electron chi connectivity index (χ1n) is 6.17. The molecule has 0 bridgehead atoms. The predicted molar refractivity (Wildman–Crippen MR) is 63.8 cm³/mol. The Balaban J connectivity index is 2.37. The second-order valence-electron chi connectivity index (χ2n) is 5.31. The normalized spacial score (nSPS) is 27.5. The molecule has 0 spiro atoms. The zero-order chi connectivity index (χ0) is 14.3. The minimum atomic E-state index is -4.39. The van der Waals surface area contributed by atoms with Gasteiger partial charge in [-0.25, -0.2) is 0 Å². The zero-order valence-electron chi connectivity index (χ0n) is 10.5. The van der Waals surface area contributed by atoms with Gasteiger partial charge in [0.15, 0.2) is 0 Å². The van der Waals surface area contributed by atoms with E-state index in [4.69, 9.17) is 0 Å². The lowest BCUT2D eigenvalue weighted by atomic mass is 9.78. The second-order valence-corrected chi connectivity index (χ2v) is 5.31. The number of carboxylic acids is 1. The Morgan fingerprint density at radius 2 is 1.89 bits per heavy atom. The van der Waals surface area contributed by atoms with E-state index in [1.165, 1.54) is 12.1 Å². The summed E-state index contributed by atoms with van der Waals surface area (Å²) in [5.41, 5.74) is -1.30. The van der Waals surface area contributed by atoms with Gasteiger partial charge in [0.25, 0.3) is 0 Å². The average molecular weight is 272 g/mol. The largest absolute Gasteiger partial charge is 0.481 e. The van der Waals surface area contributed by atoms with Gasteiger partial charge in [-0.1, -0.05) is 19.1 Å². The highest BCUT2D eigenvalue weighted by Crippen LogP contribution is 2.44. The Labute approximate surface area is 109 Å². The third-order valence-electron chi connectivity index (χ3n) is 3.94. The van der Waals surface area contributed by atoms with Gasteiger partial charge in [0.1, 0.15) is 0 Å². The molecule has 1 fully saturated rings. The molecular weight excluding hydrogens is 257 g/mol. The van der Waals surface area contributed by atoms with Crippen LogP contribution < -0.4 is 0 Å². The van der Waals surface area contributed by atoms with Gasteiger partial charge in [-0.15, -0.1) is 0 Å². The fourth-order valence-electron chi connectivity index (χ4n) is 2.85. The number of hydrogen-bond acceptors (Lipinski definition) is 1. The van der Waals surface area contributed by atoms with E-state index < -0.39 is 23.1 Å². The van der Waals surface area contributed by atoms with Gasteiger partial charge in [-0.05, 0) is 42.9 Å². The average Bonchev–Trinajstić information content (AvgIpc) is 2.72. The number of hydrogen-bond donors (Lipinski definition) is 1. The van der Waals surface area contributed by atoms with Crippen LogP contribution in [0, 0.1) is 5.92 Å². The van der Waals surface area contributed by atoms with Crippen LogP contribution in [0.4, 0.5) is 13.2 Å². The Morgan fingerprint density at radius 3 is 2.26 bits per heavy atom. The van der Waals surface area contributed by atoms with E-state index in [0.717, 1.165) is 18.6 Å². The maximum absolute atomic E-state index is 12.5. The summed E-state index contributed by atoms with van der Waals surface area (Å²) in [5, 5.41) is 9.44. The molecule has 0 amide bonds. The second kappa shape index (κ2) is 4.54. The van der Waals surface area contributed by atoms with Crippen molar-refractivity contribution in [2.45, 2.75) is 37.8 Å². The quantitative estimate of drug-likeness (QED) is 0.888. The molecule has 1 N–H and O–H groups in total. The molecule has 1 aromatic rings. The van der Waals surface area contributed by atoms with Gasteiger partial charge < -0.3 is 5.11 Å². The molecule has 2 atom stereocenters. The highest BCUT2D eigenvalue weighted by atomic mass is 19.4. The van der Waals surface area contributed by atoms with Gasteiger partial charge >= 0.3 is 12.1 Å². The van der Waals surface area contributed by atoms with Gasteiger partial charge in [0.05, 0.1) is 11.0 Å². The van der Waals surface area contributed by atoms with Crippen molar-refractivity contribution in [1.29, 1.82) is 0 Å². The summed E-state index contributed by atoms with van der Waals surface area (Å²) in [7, 11) is 0. The smallest absolute Gasteiger partial charge is 0.416 e. The van der Waals surface area contributed by atoms with Crippen LogP contribution in [0.25, 0.3) is 0 Å². The number of halogens is 3. The first-order valence-corrected chi connectivity index (χ1v) is 6.17.